The fraction of sp³-hybridized carbons (Fsp3) is 0.333. The van der Waals surface area contributed by atoms with E-state index in [0.29, 0.717) is 0 Å². The predicted molar refractivity (Wildman–Crippen MR) is 67.2 cm³/mol. The van der Waals surface area contributed by atoms with Crippen molar-refractivity contribution < 1.29 is 4.74 Å². The second kappa shape index (κ2) is 4.36. The maximum atomic E-state index is 6.29. The zero-order valence-corrected chi connectivity index (χ0v) is 10.4. The Morgan fingerprint density at radius 1 is 1.44 bits per heavy atom. The molecular weight excluding hydrogens is 224 g/mol. The second-order valence-corrected chi connectivity index (χ2v) is 4.10. The molecule has 2 rings (SSSR count). The fourth-order valence-electron chi connectivity index (χ4n) is 1.94. The average Bonchev–Trinajstić information content (AvgIpc) is 2.54. The maximum Gasteiger partial charge on any atom is 0.119 e. The van der Waals surface area contributed by atoms with Gasteiger partial charge in [-0.3, -0.25) is 0 Å². The molecule has 0 bridgehead atoms. The lowest BCUT2D eigenvalue weighted by atomic mass is 10.1. The largest absolute Gasteiger partial charge is 0.497 e. The molecule has 0 saturated heterocycles. The highest BCUT2D eigenvalue weighted by Gasteiger charge is 2.13. The standard InChI is InChI=1S/C12H15ClN2O/c1-14-7-10-9-6-8(16-3)4-5-11(9)15(2)12(10)13/h4-6,14H,7H2,1-3H3. The number of aryl methyl sites for hydroxylation is 1. The minimum Gasteiger partial charge on any atom is -0.497 e. The molecule has 3 nitrogen and oxygen atoms in total. The molecule has 0 aliphatic carbocycles. The van der Waals surface area contributed by atoms with Crippen molar-refractivity contribution in [3.8, 4) is 5.75 Å². The molecule has 1 aromatic heterocycles. The molecule has 0 spiro atoms. The number of hydrogen-bond acceptors (Lipinski definition) is 2. The molecular formula is C12H15ClN2O. The molecule has 0 aliphatic heterocycles. The number of hydrogen-bond donors (Lipinski definition) is 1. The Morgan fingerprint density at radius 2 is 2.19 bits per heavy atom. The first kappa shape index (κ1) is 11.3. The molecule has 0 amide bonds. The number of aromatic nitrogens is 1. The van der Waals surface area contributed by atoms with Gasteiger partial charge < -0.3 is 14.6 Å². The Kier molecular flexibility index (Phi) is 3.08. The van der Waals surface area contributed by atoms with Crippen molar-refractivity contribution in [1.29, 1.82) is 0 Å². The van der Waals surface area contributed by atoms with Crippen molar-refractivity contribution >= 4 is 22.5 Å². The molecule has 16 heavy (non-hydrogen) atoms. The molecule has 2 aromatic rings. The van der Waals surface area contributed by atoms with Crippen LogP contribution in [-0.2, 0) is 13.6 Å². The third kappa shape index (κ3) is 1.66. The number of rotatable bonds is 3. The zero-order chi connectivity index (χ0) is 11.7. The van der Waals surface area contributed by atoms with Crippen LogP contribution in [0.25, 0.3) is 10.9 Å². The second-order valence-electron chi connectivity index (χ2n) is 3.74. The Hall–Kier alpha value is -1.19. The van der Waals surface area contributed by atoms with Crippen LogP contribution in [0.3, 0.4) is 0 Å². The highest BCUT2D eigenvalue weighted by Crippen LogP contribution is 2.31. The summed E-state index contributed by atoms with van der Waals surface area (Å²) in [6, 6.07) is 5.99. The van der Waals surface area contributed by atoms with Gasteiger partial charge in [0.1, 0.15) is 10.9 Å². The minimum absolute atomic E-state index is 0.753. The number of fused-ring (bicyclic) bond motifs is 1. The SMILES string of the molecule is CNCc1c(Cl)n(C)c2ccc(OC)cc12. The van der Waals surface area contributed by atoms with E-state index in [9.17, 15) is 0 Å². The summed E-state index contributed by atoms with van der Waals surface area (Å²) in [6.07, 6.45) is 0. The molecule has 0 fully saturated rings. The van der Waals surface area contributed by atoms with E-state index in [1.165, 1.54) is 0 Å². The van der Waals surface area contributed by atoms with Crippen LogP contribution in [0.15, 0.2) is 18.2 Å². The Balaban J connectivity index is 2.70. The highest BCUT2D eigenvalue weighted by atomic mass is 35.5. The van der Waals surface area contributed by atoms with Gasteiger partial charge >= 0.3 is 0 Å². The molecule has 1 N–H and O–H groups in total. The molecule has 0 unspecified atom stereocenters. The quantitative estimate of drug-likeness (QED) is 0.890. The van der Waals surface area contributed by atoms with Gasteiger partial charge in [0.05, 0.1) is 7.11 Å². The van der Waals surface area contributed by atoms with E-state index in [-0.39, 0.29) is 0 Å². The molecule has 86 valence electrons. The lowest BCUT2D eigenvalue weighted by molar-refractivity contribution is 0.415. The van der Waals surface area contributed by atoms with Crippen LogP contribution in [0.2, 0.25) is 5.15 Å². The van der Waals surface area contributed by atoms with Gasteiger partial charge in [0.25, 0.3) is 0 Å². The summed E-state index contributed by atoms with van der Waals surface area (Å²) in [5.74, 6) is 0.854. The first-order valence-corrected chi connectivity index (χ1v) is 5.52. The first-order valence-electron chi connectivity index (χ1n) is 5.14. The summed E-state index contributed by atoms with van der Waals surface area (Å²) in [5, 5.41) is 5.04. The Morgan fingerprint density at radius 3 is 2.81 bits per heavy atom. The number of methoxy groups -OCH3 is 1. The van der Waals surface area contributed by atoms with Crippen LogP contribution in [0, 0.1) is 0 Å². The number of nitrogens with one attached hydrogen (secondary N) is 1. The molecule has 4 heteroatoms. The summed E-state index contributed by atoms with van der Waals surface area (Å²) in [6.45, 7) is 0.753. The van der Waals surface area contributed by atoms with E-state index < -0.39 is 0 Å². The first-order chi connectivity index (χ1) is 7.69. The summed E-state index contributed by atoms with van der Waals surface area (Å²) in [7, 11) is 5.55. The lowest BCUT2D eigenvalue weighted by Crippen LogP contribution is -2.05. The topological polar surface area (TPSA) is 26.2 Å². The monoisotopic (exact) mass is 238 g/mol. The van der Waals surface area contributed by atoms with Crippen molar-refractivity contribution in [2.45, 2.75) is 6.54 Å². The fourth-order valence-corrected chi connectivity index (χ4v) is 2.20. The number of nitrogens with zero attached hydrogens (tertiary/aromatic N) is 1. The molecule has 0 aliphatic rings. The Bertz CT molecular complexity index is 519. The van der Waals surface area contributed by atoms with Crippen molar-refractivity contribution in [3.63, 3.8) is 0 Å². The average molecular weight is 239 g/mol. The van der Waals surface area contributed by atoms with Gasteiger partial charge in [-0.2, -0.15) is 0 Å². The van der Waals surface area contributed by atoms with E-state index >= 15 is 0 Å². The smallest absolute Gasteiger partial charge is 0.119 e. The molecule has 1 aromatic carbocycles. The number of ether oxygens (including phenoxy) is 1. The van der Waals surface area contributed by atoms with Gasteiger partial charge in [-0.1, -0.05) is 11.6 Å². The third-order valence-electron chi connectivity index (χ3n) is 2.79. The van der Waals surface area contributed by atoms with Crippen molar-refractivity contribution in [1.82, 2.24) is 9.88 Å². The minimum atomic E-state index is 0.753. The number of benzene rings is 1. The van der Waals surface area contributed by atoms with E-state index in [1.807, 2.05) is 36.9 Å². The van der Waals surface area contributed by atoms with E-state index in [4.69, 9.17) is 16.3 Å². The van der Waals surface area contributed by atoms with Gasteiger partial charge in [0.15, 0.2) is 0 Å². The van der Waals surface area contributed by atoms with Gasteiger partial charge in [-0.05, 0) is 25.2 Å². The van der Waals surface area contributed by atoms with Crippen LogP contribution < -0.4 is 10.1 Å². The van der Waals surface area contributed by atoms with Crippen LogP contribution in [0.4, 0.5) is 0 Å². The summed E-state index contributed by atoms with van der Waals surface area (Å²) >= 11 is 6.29. The molecule has 0 radical (unpaired) electrons. The van der Waals surface area contributed by atoms with Crippen molar-refractivity contribution in [3.05, 3.63) is 28.9 Å². The van der Waals surface area contributed by atoms with Crippen LogP contribution >= 0.6 is 11.6 Å². The predicted octanol–water partition coefficient (Wildman–Crippen LogP) is 2.56. The molecule has 1 heterocycles. The van der Waals surface area contributed by atoms with Crippen LogP contribution in [-0.4, -0.2) is 18.7 Å². The van der Waals surface area contributed by atoms with Gasteiger partial charge in [0, 0.05) is 30.1 Å². The maximum absolute atomic E-state index is 6.29. The van der Waals surface area contributed by atoms with Crippen LogP contribution in [0.1, 0.15) is 5.56 Å². The number of halogens is 1. The summed E-state index contributed by atoms with van der Waals surface area (Å²) < 4.78 is 7.22. The van der Waals surface area contributed by atoms with E-state index in [1.54, 1.807) is 7.11 Å². The highest BCUT2D eigenvalue weighted by molar-refractivity contribution is 6.32. The van der Waals surface area contributed by atoms with Gasteiger partial charge in [0.2, 0.25) is 0 Å². The van der Waals surface area contributed by atoms with Gasteiger partial charge in [-0.25, -0.2) is 0 Å². The van der Waals surface area contributed by atoms with Crippen molar-refractivity contribution in [2.75, 3.05) is 14.2 Å². The van der Waals surface area contributed by atoms with E-state index in [0.717, 1.165) is 33.9 Å². The zero-order valence-electron chi connectivity index (χ0n) is 9.67. The van der Waals surface area contributed by atoms with Gasteiger partial charge in [-0.15, -0.1) is 0 Å². The van der Waals surface area contributed by atoms with Crippen molar-refractivity contribution in [2.24, 2.45) is 7.05 Å². The molecule has 0 atom stereocenters. The third-order valence-corrected chi connectivity index (χ3v) is 3.27. The Labute approximate surface area is 100.0 Å². The van der Waals surface area contributed by atoms with E-state index in [2.05, 4.69) is 5.32 Å². The lowest BCUT2D eigenvalue weighted by Gasteiger charge is -2.01. The summed E-state index contributed by atoms with van der Waals surface area (Å²) in [5.41, 5.74) is 2.23. The molecule has 0 saturated carbocycles. The normalized spacial score (nSPS) is 11.0. The summed E-state index contributed by atoms with van der Waals surface area (Å²) in [4.78, 5) is 0. The van der Waals surface area contributed by atoms with Crippen LogP contribution in [0.5, 0.6) is 5.75 Å².